The second kappa shape index (κ2) is 14.1. The number of ether oxygens (including phenoxy) is 3. The van der Waals surface area contributed by atoms with Crippen molar-refractivity contribution in [2.75, 3.05) is 46.1 Å². The summed E-state index contributed by atoms with van der Waals surface area (Å²) < 4.78 is 38.2. The summed E-state index contributed by atoms with van der Waals surface area (Å²) in [4.78, 5) is 15.4. The van der Waals surface area contributed by atoms with E-state index in [0.29, 0.717) is 86.6 Å². The Balaban J connectivity index is 1.27. The van der Waals surface area contributed by atoms with Gasteiger partial charge < -0.3 is 23.9 Å². The second-order valence-electron chi connectivity index (χ2n) is 12.8. The highest BCUT2D eigenvalue weighted by molar-refractivity contribution is 6.04. The van der Waals surface area contributed by atoms with Crippen LogP contribution in [0.25, 0.3) is 32.8 Å². The number of benzene rings is 3. The zero-order valence-corrected chi connectivity index (χ0v) is 27.7. The molecule has 1 unspecified atom stereocenters. The van der Waals surface area contributed by atoms with Crippen LogP contribution in [0.5, 0.6) is 5.75 Å². The molecule has 0 amide bonds. The average molecular weight is 655 g/mol. The molecule has 1 saturated heterocycles. The van der Waals surface area contributed by atoms with E-state index in [1.807, 2.05) is 48.9 Å². The van der Waals surface area contributed by atoms with E-state index < -0.39 is 11.8 Å². The van der Waals surface area contributed by atoms with E-state index in [9.17, 15) is 9.90 Å². The number of fused-ring (bicyclic) bond motifs is 3. The van der Waals surface area contributed by atoms with Gasteiger partial charge in [0.15, 0.2) is 0 Å². The van der Waals surface area contributed by atoms with Gasteiger partial charge in [-0.25, -0.2) is 9.18 Å². The number of aromatic carboxylic acids is 1. The lowest BCUT2D eigenvalue weighted by molar-refractivity contribution is 0.00973. The van der Waals surface area contributed by atoms with Crippen molar-refractivity contribution in [2.45, 2.75) is 51.7 Å². The topological polar surface area (TPSA) is 91.0 Å². The standard InChI is InChI=1S/C38H43FN4O5/c1-25-33-34-30(39)15-14-29-28(12-8-22-47-31-13-7-10-26-9-3-4-11-27(26)31)37(38(44)45)43(36(29)34)17-5-6-21-48-32(35(33)40-41(25)2)16-18-42-19-23-46-24-20-42/h3-4,7,9-11,13-15,32H,5-6,8,12,16-24H2,1-2H3,(H,44,45). The predicted octanol–water partition coefficient (Wildman–Crippen LogP) is 6.93. The second-order valence-corrected chi connectivity index (χ2v) is 12.8. The number of aromatic nitrogens is 3. The molecule has 1 fully saturated rings. The smallest absolute Gasteiger partial charge is 0.352 e. The first-order valence-corrected chi connectivity index (χ1v) is 17.1. The molecule has 5 aromatic rings. The molecule has 2 aliphatic rings. The zero-order chi connectivity index (χ0) is 33.2. The van der Waals surface area contributed by atoms with Gasteiger partial charge in [0.25, 0.3) is 0 Å². The molecule has 252 valence electrons. The molecule has 7 rings (SSSR count). The summed E-state index contributed by atoms with van der Waals surface area (Å²) in [5.41, 5.74) is 4.14. The molecule has 2 aliphatic heterocycles. The molecule has 48 heavy (non-hydrogen) atoms. The molecule has 9 nitrogen and oxygen atoms in total. The first-order chi connectivity index (χ1) is 23.4. The van der Waals surface area contributed by atoms with Crippen LogP contribution in [-0.4, -0.2) is 76.4 Å². The summed E-state index contributed by atoms with van der Waals surface area (Å²) in [7, 11) is 1.87. The number of morpholine rings is 1. The third-order valence-corrected chi connectivity index (χ3v) is 9.88. The number of carboxylic acid groups (broad SMARTS) is 1. The van der Waals surface area contributed by atoms with E-state index in [4.69, 9.17) is 19.3 Å². The van der Waals surface area contributed by atoms with E-state index in [1.165, 1.54) is 6.07 Å². The molecular weight excluding hydrogens is 611 g/mol. The quantitative estimate of drug-likeness (QED) is 0.173. The fourth-order valence-corrected chi connectivity index (χ4v) is 7.39. The number of carboxylic acids is 1. The molecule has 3 aromatic carbocycles. The molecule has 4 heterocycles. The molecular formula is C38H43FN4O5. The van der Waals surface area contributed by atoms with Crippen LogP contribution in [-0.2, 0) is 29.5 Å². The molecule has 1 N–H and O–H groups in total. The Morgan fingerprint density at radius 3 is 2.65 bits per heavy atom. The lowest BCUT2D eigenvalue weighted by atomic mass is 9.95. The van der Waals surface area contributed by atoms with Crippen LogP contribution < -0.4 is 4.74 Å². The van der Waals surface area contributed by atoms with Gasteiger partial charge in [0.05, 0.1) is 31.0 Å². The van der Waals surface area contributed by atoms with Crippen molar-refractivity contribution in [1.82, 2.24) is 19.2 Å². The lowest BCUT2D eigenvalue weighted by Gasteiger charge is -2.28. The highest BCUT2D eigenvalue weighted by Gasteiger charge is 2.32. The van der Waals surface area contributed by atoms with Crippen molar-refractivity contribution in [2.24, 2.45) is 7.05 Å². The van der Waals surface area contributed by atoms with Crippen molar-refractivity contribution in [3.63, 3.8) is 0 Å². The van der Waals surface area contributed by atoms with Gasteiger partial charge in [0.2, 0.25) is 0 Å². The fourth-order valence-electron chi connectivity index (χ4n) is 7.39. The van der Waals surface area contributed by atoms with Gasteiger partial charge in [0.1, 0.15) is 23.4 Å². The normalized spacial score (nSPS) is 17.4. The van der Waals surface area contributed by atoms with E-state index in [1.54, 1.807) is 10.7 Å². The molecule has 10 heteroatoms. The molecule has 0 aliphatic carbocycles. The van der Waals surface area contributed by atoms with Gasteiger partial charge in [-0.1, -0.05) is 36.4 Å². The maximum absolute atomic E-state index is 16.3. The van der Waals surface area contributed by atoms with Crippen molar-refractivity contribution < 1.29 is 28.5 Å². The predicted molar refractivity (Wildman–Crippen MR) is 183 cm³/mol. The third kappa shape index (κ3) is 6.20. The molecule has 0 bridgehead atoms. The zero-order valence-electron chi connectivity index (χ0n) is 27.7. The van der Waals surface area contributed by atoms with E-state index in [0.717, 1.165) is 53.7 Å². The number of nitrogens with zero attached hydrogens (tertiary/aromatic N) is 4. The summed E-state index contributed by atoms with van der Waals surface area (Å²) >= 11 is 0. The van der Waals surface area contributed by atoms with Gasteiger partial charge in [0, 0.05) is 67.4 Å². The maximum Gasteiger partial charge on any atom is 0.352 e. The Labute approximate surface area is 279 Å². The van der Waals surface area contributed by atoms with Crippen LogP contribution in [0.3, 0.4) is 0 Å². The average Bonchev–Trinajstić information content (AvgIpc) is 3.56. The highest BCUT2D eigenvalue weighted by atomic mass is 19.1. The van der Waals surface area contributed by atoms with Crippen molar-refractivity contribution in [1.29, 1.82) is 0 Å². The Morgan fingerprint density at radius 1 is 1.00 bits per heavy atom. The monoisotopic (exact) mass is 654 g/mol. The van der Waals surface area contributed by atoms with E-state index >= 15 is 4.39 Å². The summed E-state index contributed by atoms with van der Waals surface area (Å²) in [5.74, 6) is -0.606. The molecule has 1 atom stereocenters. The SMILES string of the molecule is Cc1c2c(nn1C)C(CCN1CCOCC1)OCCCCn1c(C(=O)O)c(CCCOc3cccc4ccccc34)c3ccc(F)c-2c31. The first-order valence-electron chi connectivity index (χ1n) is 17.1. The Bertz CT molecular complexity index is 1940. The molecule has 2 aromatic heterocycles. The fraction of sp³-hybridized carbons (Fsp3) is 0.421. The van der Waals surface area contributed by atoms with Crippen LogP contribution in [0, 0.1) is 12.7 Å². The Morgan fingerprint density at radius 2 is 1.81 bits per heavy atom. The van der Waals surface area contributed by atoms with Crippen LogP contribution >= 0.6 is 0 Å². The Kier molecular flexibility index (Phi) is 9.48. The van der Waals surface area contributed by atoms with Gasteiger partial charge >= 0.3 is 5.97 Å². The van der Waals surface area contributed by atoms with Gasteiger partial charge in [-0.3, -0.25) is 9.58 Å². The maximum atomic E-state index is 16.3. The van der Waals surface area contributed by atoms with E-state index in [-0.39, 0.29) is 11.8 Å². The van der Waals surface area contributed by atoms with Crippen molar-refractivity contribution in [3.05, 3.63) is 83.1 Å². The number of aryl methyl sites for hydroxylation is 3. The third-order valence-electron chi connectivity index (χ3n) is 9.88. The van der Waals surface area contributed by atoms with Crippen LogP contribution in [0.1, 0.15) is 59.2 Å². The van der Waals surface area contributed by atoms with Crippen molar-refractivity contribution >= 4 is 27.6 Å². The van der Waals surface area contributed by atoms with Crippen molar-refractivity contribution in [3.8, 4) is 16.9 Å². The van der Waals surface area contributed by atoms with Crippen LogP contribution in [0.15, 0.2) is 54.6 Å². The van der Waals surface area contributed by atoms with E-state index in [2.05, 4.69) is 17.0 Å². The lowest BCUT2D eigenvalue weighted by Crippen LogP contribution is -2.37. The minimum atomic E-state index is -1.01. The molecule has 0 saturated carbocycles. The number of hydrogen-bond donors (Lipinski definition) is 1. The van der Waals surface area contributed by atoms with Gasteiger partial charge in [-0.2, -0.15) is 5.10 Å². The highest BCUT2D eigenvalue weighted by Crippen LogP contribution is 2.43. The first kappa shape index (κ1) is 32.3. The summed E-state index contributed by atoms with van der Waals surface area (Å²) in [6.07, 6.45) is 2.90. The number of carbonyl (C=O) groups is 1. The van der Waals surface area contributed by atoms with Crippen LogP contribution in [0.2, 0.25) is 0 Å². The Hall–Kier alpha value is -4.25. The number of hydrogen-bond acceptors (Lipinski definition) is 6. The summed E-state index contributed by atoms with van der Waals surface area (Å²) in [5, 5.41) is 18.5. The minimum absolute atomic E-state index is 0.217. The summed E-state index contributed by atoms with van der Waals surface area (Å²) in [6, 6.07) is 17.3. The molecule has 0 spiro atoms. The minimum Gasteiger partial charge on any atom is -0.493 e. The number of halogens is 1. The van der Waals surface area contributed by atoms with Crippen LogP contribution in [0.4, 0.5) is 4.39 Å². The summed E-state index contributed by atoms with van der Waals surface area (Å²) in [6.45, 7) is 7.30. The van der Waals surface area contributed by atoms with Gasteiger partial charge in [-0.05, 0) is 68.2 Å². The largest absolute Gasteiger partial charge is 0.493 e. The molecule has 0 radical (unpaired) electrons. The number of rotatable bonds is 9. The van der Waals surface area contributed by atoms with Gasteiger partial charge in [-0.15, -0.1) is 0 Å².